The summed E-state index contributed by atoms with van der Waals surface area (Å²) in [7, 11) is 0. The van der Waals surface area contributed by atoms with Crippen LogP contribution >= 0.6 is 0 Å². The van der Waals surface area contributed by atoms with E-state index in [2.05, 4.69) is 52.6 Å². The third kappa shape index (κ3) is 4.49. The van der Waals surface area contributed by atoms with Gasteiger partial charge in [0.15, 0.2) is 0 Å². The monoisotopic (exact) mass is 464 g/mol. The molecule has 0 unspecified atom stereocenters. The molecule has 0 radical (unpaired) electrons. The number of terminal acetylenes is 1. The van der Waals surface area contributed by atoms with Crippen molar-refractivity contribution in [2.45, 2.75) is 62.9 Å². The first-order chi connectivity index (χ1) is 16.9. The van der Waals surface area contributed by atoms with Gasteiger partial charge in [-0.3, -0.25) is 9.78 Å². The van der Waals surface area contributed by atoms with E-state index in [9.17, 15) is 9.90 Å². The summed E-state index contributed by atoms with van der Waals surface area (Å²) in [6, 6.07) is 20.5. The molecular weight excluding hydrogens is 432 g/mol. The number of aliphatic hydroxyl groups is 1. The number of carbonyl (C=O) groups excluding carboxylic acids is 1. The number of rotatable bonds is 4. The zero-order chi connectivity index (χ0) is 24.5. The van der Waals surface area contributed by atoms with Crippen molar-refractivity contribution in [3.8, 4) is 12.3 Å². The number of hydrogen-bond donors (Lipinski definition) is 2. The van der Waals surface area contributed by atoms with Crippen molar-refractivity contribution < 1.29 is 9.90 Å². The molecule has 1 aromatic heterocycles. The molecule has 0 saturated heterocycles. The molecule has 35 heavy (non-hydrogen) atoms. The average Bonchev–Trinajstić information content (AvgIpc) is 3.02. The highest BCUT2D eigenvalue weighted by Gasteiger charge is 2.50. The van der Waals surface area contributed by atoms with Gasteiger partial charge in [-0.15, -0.1) is 6.42 Å². The molecule has 2 N–H and O–H groups in total. The van der Waals surface area contributed by atoms with Gasteiger partial charge >= 0.3 is 0 Å². The van der Waals surface area contributed by atoms with Gasteiger partial charge in [-0.1, -0.05) is 42.3 Å². The lowest BCUT2D eigenvalue weighted by Gasteiger charge is -2.49. The van der Waals surface area contributed by atoms with Gasteiger partial charge in [0, 0.05) is 17.2 Å². The van der Waals surface area contributed by atoms with Crippen LogP contribution in [-0.4, -0.2) is 21.6 Å². The molecule has 5 rings (SSSR count). The predicted molar refractivity (Wildman–Crippen MR) is 139 cm³/mol. The molecule has 178 valence electrons. The lowest BCUT2D eigenvalue weighted by atomic mass is 9.56. The first kappa shape index (κ1) is 23.3. The van der Waals surface area contributed by atoms with E-state index in [0.29, 0.717) is 18.4 Å². The molecule has 3 atom stereocenters. The summed E-state index contributed by atoms with van der Waals surface area (Å²) in [5.74, 6) is 2.86. The molecule has 1 heterocycles. The topological polar surface area (TPSA) is 62.2 Å². The van der Waals surface area contributed by atoms with Crippen molar-refractivity contribution in [1.29, 1.82) is 0 Å². The van der Waals surface area contributed by atoms with Crippen LogP contribution in [-0.2, 0) is 18.3 Å². The van der Waals surface area contributed by atoms with Crippen LogP contribution < -0.4 is 5.32 Å². The van der Waals surface area contributed by atoms with Crippen LogP contribution in [0, 0.1) is 25.2 Å². The van der Waals surface area contributed by atoms with Gasteiger partial charge in [-0.05, 0) is 98.7 Å². The van der Waals surface area contributed by atoms with Gasteiger partial charge in [0.1, 0.15) is 5.60 Å². The molecule has 1 amide bonds. The van der Waals surface area contributed by atoms with E-state index >= 15 is 0 Å². The van der Waals surface area contributed by atoms with Crippen molar-refractivity contribution in [2.24, 2.45) is 5.92 Å². The van der Waals surface area contributed by atoms with Crippen LogP contribution in [0.3, 0.4) is 0 Å². The number of aromatic nitrogens is 1. The highest BCUT2D eigenvalue weighted by molar-refractivity contribution is 6.04. The number of hydrogen-bond acceptors (Lipinski definition) is 3. The largest absolute Gasteiger partial charge is 0.378 e. The van der Waals surface area contributed by atoms with Gasteiger partial charge in [-0.25, -0.2) is 0 Å². The minimum atomic E-state index is -1.03. The fraction of sp³-hybridized carbons (Fsp3) is 0.355. The maximum atomic E-state index is 13.1. The Labute approximate surface area is 207 Å². The summed E-state index contributed by atoms with van der Waals surface area (Å²) >= 11 is 0. The molecule has 0 aliphatic heterocycles. The summed E-state index contributed by atoms with van der Waals surface area (Å²) in [5, 5.41) is 14.0. The lowest BCUT2D eigenvalue weighted by Crippen LogP contribution is -2.48. The summed E-state index contributed by atoms with van der Waals surface area (Å²) in [6.45, 7) is 1.89. The Morgan fingerprint density at radius 2 is 2.00 bits per heavy atom. The summed E-state index contributed by atoms with van der Waals surface area (Å²) in [5.41, 5.74) is 4.91. The zero-order valence-electron chi connectivity index (χ0n) is 20.3. The van der Waals surface area contributed by atoms with Crippen LogP contribution in [0.2, 0.25) is 0 Å². The first-order valence-electron chi connectivity index (χ1n) is 12.5. The Hall–Kier alpha value is -3.42. The molecular formula is C31H32N2O2. The van der Waals surface area contributed by atoms with Crippen LogP contribution in [0.15, 0.2) is 66.9 Å². The molecule has 4 heteroatoms. The maximum absolute atomic E-state index is 13.1. The molecule has 0 spiro atoms. The Kier molecular flexibility index (Phi) is 6.21. The third-order valence-electron chi connectivity index (χ3n) is 8.14. The van der Waals surface area contributed by atoms with Crippen molar-refractivity contribution >= 4 is 11.6 Å². The van der Waals surface area contributed by atoms with E-state index in [1.165, 1.54) is 16.7 Å². The minimum Gasteiger partial charge on any atom is -0.378 e. The second-order valence-corrected chi connectivity index (χ2v) is 10.3. The molecule has 2 aliphatic rings. The van der Waals surface area contributed by atoms with E-state index in [1.54, 1.807) is 6.20 Å². The van der Waals surface area contributed by atoms with E-state index in [0.717, 1.165) is 43.5 Å². The Morgan fingerprint density at radius 1 is 1.17 bits per heavy atom. The van der Waals surface area contributed by atoms with Crippen LogP contribution in [0.5, 0.6) is 0 Å². The second-order valence-electron chi connectivity index (χ2n) is 10.3. The SMILES string of the molecule is C#C[C@]1(O)CC[C@@]2(Cc3ccccc3)c3ccc(C(=O)Nc4cccnc4C)cc3CCC[C@H]2C1. The minimum absolute atomic E-state index is 0.106. The number of pyridine rings is 1. The quantitative estimate of drug-likeness (QED) is 0.493. The standard InChI is InChI=1S/C31H32N2O2/c1-3-30(35)16-17-31(20-23-9-5-4-6-10-23)26(21-30)12-7-11-24-19-25(14-15-27(24)31)29(34)33-28-13-8-18-32-22(28)2/h1,4-6,8-10,13-15,18-19,26,35H,7,11-12,16-17,20-21H2,2H3,(H,33,34)/t26-,30-,31-/m0/s1. The average molecular weight is 465 g/mol. The van der Waals surface area contributed by atoms with Crippen LogP contribution in [0.1, 0.15) is 64.8 Å². The number of aryl methyl sites for hydroxylation is 2. The van der Waals surface area contributed by atoms with Crippen LogP contribution in [0.25, 0.3) is 0 Å². The van der Waals surface area contributed by atoms with Gasteiger partial charge < -0.3 is 10.4 Å². The molecule has 2 aliphatic carbocycles. The lowest BCUT2D eigenvalue weighted by molar-refractivity contribution is -0.00344. The van der Waals surface area contributed by atoms with Crippen molar-refractivity contribution in [3.05, 3.63) is 94.8 Å². The van der Waals surface area contributed by atoms with Gasteiger partial charge in [0.05, 0.1) is 11.4 Å². The molecule has 3 aromatic rings. The third-order valence-corrected chi connectivity index (χ3v) is 8.14. The Bertz CT molecular complexity index is 1280. The van der Waals surface area contributed by atoms with Crippen molar-refractivity contribution in [2.75, 3.05) is 5.32 Å². The number of carbonyl (C=O) groups is 1. The smallest absolute Gasteiger partial charge is 0.255 e. The fourth-order valence-corrected chi connectivity index (χ4v) is 6.27. The number of benzene rings is 2. The highest BCUT2D eigenvalue weighted by Crippen LogP contribution is 2.53. The van der Waals surface area contributed by atoms with Gasteiger partial charge in [0.2, 0.25) is 0 Å². The van der Waals surface area contributed by atoms with Crippen LogP contribution in [0.4, 0.5) is 5.69 Å². The summed E-state index contributed by atoms with van der Waals surface area (Å²) < 4.78 is 0. The zero-order valence-corrected chi connectivity index (χ0v) is 20.3. The molecule has 2 aromatic carbocycles. The summed E-state index contributed by atoms with van der Waals surface area (Å²) in [6.07, 6.45) is 13.4. The van der Waals surface area contributed by atoms with E-state index in [1.807, 2.05) is 31.2 Å². The van der Waals surface area contributed by atoms with E-state index < -0.39 is 5.60 Å². The molecule has 1 fully saturated rings. The highest BCUT2D eigenvalue weighted by atomic mass is 16.3. The van der Waals surface area contributed by atoms with Gasteiger partial charge in [0.25, 0.3) is 5.91 Å². The molecule has 1 saturated carbocycles. The predicted octanol–water partition coefficient (Wildman–Crippen LogP) is 5.62. The van der Waals surface area contributed by atoms with E-state index in [-0.39, 0.29) is 17.2 Å². The number of nitrogens with one attached hydrogen (secondary N) is 1. The normalized spacial score (nSPS) is 25.5. The molecule has 4 nitrogen and oxygen atoms in total. The Balaban J connectivity index is 1.53. The maximum Gasteiger partial charge on any atom is 0.255 e. The van der Waals surface area contributed by atoms with Gasteiger partial charge in [-0.2, -0.15) is 0 Å². The number of anilines is 1. The number of amides is 1. The number of fused-ring (bicyclic) bond motifs is 3. The van der Waals surface area contributed by atoms with Crippen molar-refractivity contribution in [3.63, 3.8) is 0 Å². The molecule has 0 bridgehead atoms. The Morgan fingerprint density at radius 3 is 2.77 bits per heavy atom. The first-order valence-corrected chi connectivity index (χ1v) is 12.5. The van der Waals surface area contributed by atoms with Crippen molar-refractivity contribution in [1.82, 2.24) is 4.98 Å². The van der Waals surface area contributed by atoms with E-state index in [4.69, 9.17) is 6.42 Å². The second kappa shape index (κ2) is 9.32. The fourth-order valence-electron chi connectivity index (χ4n) is 6.27. The summed E-state index contributed by atoms with van der Waals surface area (Å²) in [4.78, 5) is 17.4. The number of nitrogens with zero attached hydrogens (tertiary/aromatic N) is 1.